The third-order valence-corrected chi connectivity index (χ3v) is 4.98. The van der Waals surface area contributed by atoms with Crippen LogP contribution in [0.5, 0.6) is 0 Å². The molecule has 0 aliphatic carbocycles. The van der Waals surface area contributed by atoms with Crippen molar-refractivity contribution in [1.29, 1.82) is 0 Å². The molecule has 1 atom stereocenters. The lowest BCUT2D eigenvalue weighted by Gasteiger charge is -2.25. The quantitative estimate of drug-likeness (QED) is 0.809. The second-order valence-corrected chi connectivity index (χ2v) is 8.25. The number of benzene rings is 1. The molecule has 7 heteroatoms. The Morgan fingerprint density at radius 1 is 1.28 bits per heavy atom. The number of rotatable bonds is 4. The van der Waals surface area contributed by atoms with Gasteiger partial charge in [0.2, 0.25) is 11.8 Å². The molecule has 2 rings (SSSR count). The number of hydrogen-bond donors (Lipinski definition) is 1. The van der Waals surface area contributed by atoms with E-state index in [4.69, 9.17) is 11.6 Å². The van der Waals surface area contributed by atoms with Gasteiger partial charge in [0.1, 0.15) is 6.04 Å². The Bertz CT molecular complexity index is 723. The van der Waals surface area contributed by atoms with Crippen LogP contribution in [-0.2, 0) is 14.4 Å². The van der Waals surface area contributed by atoms with Crippen LogP contribution in [0.1, 0.15) is 27.7 Å². The first kappa shape index (κ1) is 19.5. The summed E-state index contributed by atoms with van der Waals surface area (Å²) in [5, 5.41) is 3.85. The molecule has 0 unspecified atom stereocenters. The highest BCUT2D eigenvalue weighted by Crippen LogP contribution is 2.32. The maximum atomic E-state index is 12.5. The summed E-state index contributed by atoms with van der Waals surface area (Å²) in [7, 11) is 0. The molecule has 0 saturated carbocycles. The van der Waals surface area contributed by atoms with Crippen molar-refractivity contribution in [2.24, 2.45) is 5.41 Å². The Labute approximate surface area is 156 Å². The molecule has 0 aromatic heterocycles. The van der Waals surface area contributed by atoms with Gasteiger partial charge in [0.15, 0.2) is 5.78 Å². The molecular weight excluding hydrogens is 360 g/mol. The fraction of sp³-hybridized carbons (Fsp3) is 0.389. The van der Waals surface area contributed by atoms with Gasteiger partial charge in [0.05, 0.1) is 10.8 Å². The van der Waals surface area contributed by atoms with Gasteiger partial charge in [-0.25, -0.2) is 0 Å². The summed E-state index contributed by atoms with van der Waals surface area (Å²) in [4.78, 5) is 38.3. The van der Waals surface area contributed by atoms with E-state index >= 15 is 0 Å². The summed E-state index contributed by atoms with van der Waals surface area (Å²) >= 11 is 7.11. The number of anilines is 1. The number of ketones is 1. The minimum absolute atomic E-state index is 0.0833. The molecule has 1 heterocycles. The Hall–Kier alpha value is -1.79. The molecule has 0 bridgehead atoms. The predicted molar refractivity (Wildman–Crippen MR) is 101 cm³/mol. The van der Waals surface area contributed by atoms with E-state index in [9.17, 15) is 14.4 Å². The number of allylic oxidation sites excluding steroid dienone is 1. The molecule has 1 N–H and O–H groups in total. The van der Waals surface area contributed by atoms with E-state index in [1.165, 1.54) is 22.7 Å². The average Bonchev–Trinajstić information content (AvgIpc) is 2.88. The van der Waals surface area contributed by atoms with E-state index in [1.807, 2.05) is 20.8 Å². The van der Waals surface area contributed by atoms with Crippen LogP contribution in [0.3, 0.4) is 0 Å². The summed E-state index contributed by atoms with van der Waals surface area (Å²) in [6, 6.07) is 6.00. The minimum atomic E-state index is -0.725. The van der Waals surface area contributed by atoms with E-state index in [0.717, 1.165) is 0 Å². The van der Waals surface area contributed by atoms with E-state index < -0.39 is 11.5 Å². The zero-order chi connectivity index (χ0) is 18.8. The normalized spacial score (nSPS) is 17.7. The second-order valence-electron chi connectivity index (χ2n) is 6.82. The van der Waals surface area contributed by atoms with Crippen LogP contribution in [0, 0.1) is 5.41 Å². The summed E-state index contributed by atoms with van der Waals surface area (Å²) in [5.74, 6) is -0.369. The van der Waals surface area contributed by atoms with Gasteiger partial charge in [-0.15, -0.1) is 0 Å². The van der Waals surface area contributed by atoms with Gasteiger partial charge in [-0.3, -0.25) is 19.3 Å². The summed E-state index contributed by atoms with van der Waals surface area (Å²) < 4.78 is 0. The van der Waals surface area contributed by atoms with Crippen molar-refractivity contribution in [2.45, 2.75) is 33.7 Å². The van der Waals surface area contributed by atoms with Gasteiger partial charge in [-0.1, -0.05) is 44.1 Å². The van der Waals surface area contributed by atoms with E-state index in [0.29, 0.717) is 15.7 Å². The molecule has 1 fully saturated rings. The molecule has 134 valence electrons. The highest BCUT2D eigenvalue weighted by Gasteiger charge is 2.35. The first-order valence-electron chi connectivity index (χ1n) is 7.87. The number of thioether (sulfide) groups is 1. The van der Waals surface area contributed by atoms with Crippen molar-refractivity contribution in [2.75, 3.05) is 11.1 Å². The lowest BCUT2D eigenvalue weighted by Crippen LogP contribution is -2.42. The van der Waals surface area contributed by atoms with Crippen molar-refractivity contribution in [3.63, 3.8) is 0 Å². The van der Waals surface area contributed by atoms with Crippen molar-refractivity contribution in [3.8, 4) is 0 Å². The zero-order valence-electron chi connectivity index (χ0n) is 14.6. The Morgan fingerprint density at radius 3 is 2.44 bits per heavy atom. The van der Waals surface area contributed by atoms with E-state index in [1.54, 1.807) is 31.2 Å². The predicted octanol–water partition coefficient (Wildman–Crippen LogP) is 3.70. The molecule has 1 saturated heterocycles. The Morgan fingerprint density at radius 2 is 1.88 bits per heavy atom. The molecule has 1 aromatic carbocycles. The fourth-order valence-electron chi connectivity index (χ4n) is 2.14. The maximum absolute atomic E-state index is 12.5. The van der Waals surface area contributed by atoms with Gasteiger partial charge < -0.3 is 5.32 Å². The largest absolute Gasteiger partial charge is 0.324 e. The summed E-state index contributed by atoms with van der Waals surface area (Å²) in [5.41, 5.74) is 0.0523. The van der Waals surface area contributed by atoms with Crippen LogP contribution in [0.4, 0.5) is 5.69 Å². The first-order valence-corrected chi connectivity index (χ1v) is 9.23. The number of hydrogen-bond acceptors (Lipinski definition) is 4. The van der Waals surface area contributed by atoms with Gasteiger partial charge in [-0.05, 0) is 31.2 Å². The Kier molecular flexibility index (Phi) is 5.95. The molecule has 0 radical (unpaired) electrons. The summed E-state index contributed by atoms with van der Waals surface area (Å²) in [6.45, 7) is 7.09. The molecule has 5 nitrogen and oxygen atoms in total. The summed E-state index contributed by atoms with van der Waals surface area (Å²) in [6.07, 6.45) is 1.46. The third kappa shape index (κ3) is 4.86. The smallest absolute Gasteiger partial charge is 0.247 e. The van der Waals surface area contributed by atoms with Crippen LogP contribution in [-0.4, -0.2) is 34.3 Å². The zero-order valence-corrected chi connectivity index (χ0v) is 16.2. The molecule has 2 amide bonds. The van der Waals surface area contributed by atoms with Crippen LogP contribution < -0.4 is 5.32 Å². The molecular formula is C18H21ClN2O3S. The number of carbonyl (C=O) groups is 3. The second kappa shape index (κ2) is 7.62. The first-order chi connectivity index (χ1) is 11.6. The highest BCUT2D eigenvalue weighted by molar-refractivity contribution is 8.04. The number of nitrogens with one attached hydrogen (secondary N) is 1. The van der Waals surface area contributed by atoms with Gasteiger partial charge in [0.25, 0.3) is 0 Å². The van der Waals surface area contributed by atoms with Crippen LogP contribution in [0.2, 0.25) is 5.02 Å². The lowest BCUT2D eigenvalue weighted by atomic mass is 9.91. The topological polar surface area (TPSA) is 66.5 Å². The maximum Gasteiger partial charge on any atom is 0.247 e. The number of carbonyl (C=O) groups excluding carboxylic acids is 3. The SMILES string of the molecule is C[C@@H](C(=O)Nc1ccc(Cl)cc1)N1C(=O)CS/C1=C\C(=O)C(C)(C)C. The van der Waals surface area contributed by atoms with Gasteiger partial charge in [-0.2, -0.15) is 0 Å². The lowest BCUT2D eigenvalue weighted by molar-refractivity contribution is -0.132. The Balaban J connectivity index is 2.17. The van der Waals surface area contributed by atoms with Crippen molar-refractivity contribution >= 4 is 46.6 Å². The molecule has 1 aromatic rings. The molecule has 1 aliphatic heterocycles. The van der Waals surface area contributed by atoms with Gasteiger partial charge in [0, 0.05) is 22.2 Å². The van der Waals surface area contributed by atoms with Crippen LogP contribution >= 0.6 is 23.4 Å². The van der Waals surface area contributed by atoms with Gasteiger partial charge >= 0.3 is 0 Å². The molecule has 1 aliphatic rings. The number of halogens is 1. The average molecular weight is 381 g/mol. The van der Waals surface area contributed by atoms with Crippen molar-refractivity contribution < 1.29 is 14.4 Å². The van der Waals surface area contributed by atoms with Crippen LogP contribution in [0.15, 0.2) is 35.4 Å². The monoisotopic (exact) mass is 380 g/mol. The van der Waals surface area contributed by atoms with Crippen molar-refractivity contribution in [1.82, 2.24) is 4.90 Å². The van der Waals surface area contributed by atoms with E-state index in [2.05, 4.69) is 5.32 Å². The highest BCUT2D eigenvalue weighted by atomic mass is 35.5. The third-order valence-electron chi connectivity index (χ3n) is 3.72. The van der Waals surface area contributed by atoms with Crippen molar-refractivity contribution in [3.05, 3.63) is 40.4 Å². The minimum Gasteiger partial charge on any atom is -0.324 e. The fourth-order valence-corrected chi connectivity index (χ4v) is 3.27. The molecule has 0 spiro atoms. The number of amides is 2. The molecule has 25 heavy (non-hydrogen) atoms. The number of nitrogens with zero attached hydrogens (tertiary/aromatic N) is 1. The van der Waals surface area contributed by atoms with E-state index in [-0.39, 0.29) is 23.4 Å². The van der Waals surface area contributed by atoms with Crippen LogP contribution in [0.25, 0.3) is 0 Å². The standard InChI is InChI=1S/C18H21ClN2O3S/c1-11(17(24)20-13-7-5-12(19)6-8-13)21-15(23)10-25-16(21)9-14(22)18(2,3)4/h5-9,11H,10H2,1-4H3,(H,20,24)/b16-9-/t11-/m0/s1.